The van der Waals surface area contributed by atoms with E-state index in [9.17, 15) is 9.90 Å². The lowest BCUT2D eigenvalue weighted by molar-refractivity contribution is -0.129. The maximum Gasteiger partial charge on any atom is 0.250 e. The van der Waals surface area contributed by atoms with E-state index in [1.165, 1.54) is 7.05 Å². The van der Waals surface area contributed by atoms with Crippen molar-refractivity contribution in [2.75, 3.05) is 7.05 Å². The Labute approximate surface area is 82.7 Å². The molecule has 0 aromatic heterocycles. The summed E-state index contributed by atoms with van der Waals surface area (Å²) >= 11 is 0. The van der Waals surface area contributed by atoms with E-state index in [0.717, 1.165) is 5.56 Å². The maximum absolute atomic E-state index is 11.1. The smallest absolute Gasteiger partial charge is 0.250 e. The lowest BCUT2D eigenvalue weighted by Gasteiger charge is -2.17. The Morgan fingerprint density at radius 3 is 2.50 bits per heavy atom. The highest BCUT2D eigenvalue weighted by atomic mass is 16.3. The molecule has 0 heterocycles. The molecule has 0 saturated heterocycles. The molecule has 1 rings (SSSR count). The first-order valence-corrected chi connectivity index (χ1v) is 4.37. The number of benzene rings is 1. The minimum Gasteiger partial charge on any atom is -0.381 e. The van der Waals surface area contributed by atoms with Crippen LogP contribution in [0, 0.1) is 0 Å². The van der Waals surface area contributed by atoms with Crippen LogP contribution in [0.1, 0.15) is 11.6 Å². The monoisotopic (exact) mass is 194 g/mol. The Morgan fingerprint density at radius 1 is 1.43 bits per heavy atom. The molecule has 1 aromatic rings. The predicted octanol–water partition coefficient (Wildman–Crippen LogP) is -0.207. The number of aliphatic hydroxyl groups excluding tert-OH is 1. The van der Waals surface area contributed by atoms with Gasteiger partial charge < -0.3 is 16.2 Å². The highest BCUT2D eigenvalue weighted by molar-refractivity contribution is 5.81. The third-order valence-electron chi connectivity index (χ3n) is 2.04. The second-order valence-corrected chi connectivity index (χ2v) is 3.00. The summed E-state index contributed by atoms with van der Waals surface area (Å²) in [6.07, 6.45) is -1.21. The van der Waals surface area contributed by atoms with Gasteiger partial charge in [-0.2, -0.15) is 0 Å². The summed E-state index contributed by atoms with van der Waals surface area (Å²) in [6.45, 7) is 0. The van der Waals surface area contributed by atoms with Crippen molar-refractivity contribution < 1.29 is 9.90 Å². The molecule has 4 N–H and O–H groups in total. The van der Waals surface area contributed by atoms with Crippen LogP contribution < -0.4 is 11.1 Å². The normalized spacial score (nSPS) is 14.5. The number of hydrogen-bond donors (Lipinski definition) is 3. The Hall–Kier alpha value is -1.39. The van der Waals surface area contributed by atoms with E-state index in [1.807, 2.05) is 18.2 Å². The molecule has 0 fully saturated rings. The third-order valence-corrected chi connectivity index (χ3v) is 2.04. The fourth-order valence-electron chi connectivity index (χ4n) is 1.17. The van der Waals surface area contributed by atoms with E-state index in [-0.39, 0.29) is 0 Å². The molecule has 0 spiro atoms. The molecular weight excluding hydrogens is 180 g/mol. The van der Waals surface area contributed by atoms with Gasteiger partial charge in [-0.3, -0.25) is 4.79 Å². The van der Waals surface area contributed by atoms with Crippen molar-refractivity contribution in [1.82, 2.24) is 5.32 Å². The first-order valence-electron chi connectivity index (χ1n) is 4.37. The summed E-state index contributed by atoms with van der Waals surface area (Å²) in [5.41, 5.74) is 6.44. The lowest BCUT2D eigenvalue weighted by Crippen LogP contribution is -2.39. The van der Waals surface area contributed by atoms with Gasteiger partial charge in [0, 0.05) is 7.05 Å². The SMILES string of the molecule is CNC(=O)[C@H](O)[C@@H](N)c1ccccc1. The van der Waals surface area contributed by atoms with Crippen LogP contribution in [0.15, 0.2) is 30.3 Å². The zero-order valence-electron chi connectivity index (χ0n) is 7.97. The Balaban J connectivity index is 2.75. The average Bonchev–Trinajstić information content (AvgIpc) is 2.27. The summed E-state index contributed by atoms with van der Waals surface area (Å²) in [4.78, 5) is 11.1. The number of amides is 1. The number of likely N-dealkylation sites (N-methyl/N-ethyl adjacent to an activating group) is 1. The quantitative estimate of drug-likeness (QED) is 0.623. The predicted molar refractivity (Wildman–Crippen MR) is 53.4 cm³/mol. The van der Waals surface area contributed by atoms with Crippen LogP contribution >= 0.6 is 0 Å². The molecule has 0 bridgehead atoms. The largest absolute Gasteiger partial charge is 0.381 e. The second kappa shape index (κ2) is 4.74. The minimum atomic E-state index is -1.21. The maximum atomic E-state index is 11.1. The molecule has 1 aromatic carbocycles. The van der Waals surface area contributed by atoms with Gasteiger partial charge in [0.2, 0.25) is 0 Å². The zero-order chi connectivity index (χ0) is 10.6. The summed E-state index contributed by atoms with van der Waals surface area (Å²) < 4.78 is 0. The highest BCUT2D eigenvalue weighted by Gasteiger charge is 2.22. The van der Waals surface area contributed by atoms with Gasteiger partial charge in [-0.05, 0) is 5.56 Å². The lowest BCUT2D eigenvalue weighted by atomic mass is 10.0. The van der Waals surface area contributed by atoms with Gasteiger partial charge in [-0.15, -0.1) is 0 Å². The minimum absolute atomic E-state index is 0.471. The van der Waals surface area contributed by atoms with Crippen molar-refractivity contribution in [1.29, 1.82) is 0 Å². The molecule has 76 valence electrons. The van der Waals surface area contributed by atoms with Crippen molar-refractivity contribution in [3.63, 3.8) is 0 Å². The molecule has 4 nitrogen and oxygen atoms in total. The fraction of sp³-hybridized carbons (Fsp3) is 0.300. The number of rotatable bonds is 3. The van der Waals surface area contributed by atoms with Crippen LogP contribution in [0.25, 0.3) is 0 Å². The summed E-state index contributed by atoms with van der Waals surface area (Å²) in [7, 11) is 1.46. The van der Waals surface area contributed by atoms with Crippen LogP contribution in [0.4, 0.5) is 0 Å². The number of aliphatic hydroxyl groups is 1. The molecule has 0 aliphatic carbocycles. The van der Waals surface area contributed by atoms with Crippen LogP contribution in [0.2, 0.25) is 0 Å². The zero-order valence-corrected chi connectivity index (χ0v) is 7.97. The van der Waals surface area contributed by atoms with Crippen LogP contribution in [0.5, 0.6) is 0 Å². The van der Waals surface area contributed by atoms with Gasteiger partial charge in [0.1, 0.15) is 0 Å². The van der Waals surface area contributed by atoms with E-state index >= 15 is 0 Å². The Kier molecular flexibility index (Phi) is 3.62. The topological polar surface area (TPSA) is 75.3 Å². The molecule has 2 atom stereocenters. The van der Waals surface area contributed by atoms with Crippen molar-refractivity contribution in [2.45, 2.75) is 12.1 Å². The van der Waals surface area contributed by atoms with Crippen LogP contribution in [-0.4, -0.2) is 24.2 Å². The van der Waals surface area contributed by atoms with Crippen LogP contribution in [-0.2, 0) is 4.79 Å². The number of nitrogens with two attached hydrogens (primary N) is 1. The van der Waals surface area contributed by atoms with Crippen molar-refractivity contribution >= 4 is 5.91 Å². The van der Waals surface area contributed by atoms with E-state index < -0.39 is 18.1 Å². The van der Waals surface area contributed by atoms with Crippen molar-refractivity contribution in [2.24, 2.45) is 5.73 Å². The molecule has 14 heavy (non-hydrogen) atoms. The second-order valence-electron chi connectivity index (χ2n) is 3.00. The van der Waals surface area contributed by atoms with E-state index in [4.69, 9.17) is 5.73 Å². The molecule has 0 aliphatic rings. The number of carbonyl (C=O) groups is 1. The first kappa shape index (κ1) is 10.7. The molecule has 0 unspecified atom stereocenters. The van der Waals surface area contributed by atoms with Crippen LogP contribution in [0.3, 0.4) is 0 Å². The molecule has 0 aliphatic heterocycles. The number of carbonyl (C=O) groups excluding carboxylic acids is 1. The summed E-state index contributed by atoms with van der Waals surface area (Å²) in [5, 5.41) is 11.8. The molecule has 1 amide bonds. The average molecular weight is 194 g/mol. The third kappa shape index (κ3) is 2.31. The number of nitrogens with one attached hydrogen (secondary N) is 1. The molecule has 0 saturated carbocycles. The van der Waals surface area contributed by atoms with E-state index in [2.05, 4.69) is 5.32 Å². The van der Waals surface area contributed by atoms with Gasteiger partial charge in [-0.1, -0.05) is 30.3 Å². The van der Waals surface area contributed by atoms with Gasteiger partial charge in [0.25, 0.3) is 5.91 Å². The van der Waals surface area contributed by atoms with Gasteiger partial charge >= 0.3 is 0 Å². The highest BCUT2D eigenvalue weighted by Crippen LogP contribution is 2.13. The molecule has 4 heteroatoms. The standard InChI is InChI=1S/C10H14N2O2/c1-12-10(14)9(13)8(11)7-5-3-2-4-6-7/h2-6,8-9,13H,11H2,1H3,(H,12,14)/t8-,9+/m0/s1. The Morgan fingerprint density at radius 2 is 2.00 bits per heavy atom. The van der Waals surface area contributed by atoms with E-state index in [1.54, 1.807) is 12.1 Å². The molecule has 0 radical (unpaired) electrons. The van der Waals surface area contributed by atoms with E-state index in [0.29, 0.717) is 0 Å². The van der Waals surface area contributed by atoms with Gasteiger partial charge in [-0.25, -0.2) is 0 Å². The van der Waals surface area contributed by atoms with Crippen molar-refractivity contribution in [3.05, 3.63) is 35.9 Å². The summed E-state index contributed by atoms with van der Waals surface area (Å²) in [5.74, 6) is -0.471. The molecular formula is C10H14N2O2. The van der Waals surface area contributed by atoms with Crippen molar-refractivity contribution in [3.8, 4) is 0 Å². The first-order chi connectivity index (χ1) is 6.66. The summed E-state index contributed by atoms with van der Waals surface area (Å²) in [6, 6.07) is 8.34. The number of hydrogen-bond acceptors (Lipinski definition) is 3. The fourth-order valence-corrected chi connectivity index (χ4v) is 1.17. The van der Waals surface area contributed by atoms with Gasteiger partial charge in [0.05, 0.1) is 6.04 Å². The Bertz CT molecular complexity index is 300. The van der Waals surface area contributed by atoms with Gasteiger partial charge in [0.15, 0.2) is 6.10 Å².